The lowest BCUT2D eigenvalue weighted by molar-refractivity contribution is 0.467. The topological polar surface area (TPSA) is 75.3 Å². The minimum atomic E-state index is 0. The number of imidazole rings is 1. The van der Waals surface area contributed by atoms with E-state index in [1.807, 2.05) is 43.4 Å². The van der Waals surface area contributed by atoms with Gasteiger partial charge in [0.2, 0.25) is 0 Å². The van der Waals surface area contributed by atoms with E-state index >= 15 is 0 Å². The monoisotopic (exact) mass is 534 g/mol. The number of benzene rings is 1. The van der Waals surface area contributed by atoms with Crippen molar-refractivity contribution in [2.75, 3.05) is 25.0 Å². The number of halogens is 1. The lowest BCUT2D eigenvalue weighted by Crippen LogP contribution is -2.51. The highest BCUT2D eigenvalue weighted by molar-refractivity contribution is 14.0. The van der Waals surface area contributed by atoms with Crippen molar-refractivity contribution in [3.63, 3.8) is 0 Å². The van der Waals surface area contributed by atoms with E-state index in [1.54, 1.807) is 0 Å². The van der Waals surface area contributed by atoms with Gasteiger partial charge in [-0.15, -0.1) is 24.0 Å². The van der Waals surface area contributed by atoms with Gasteiger partial charge in [0.1, 0.15) is 5.82 Å². The Labute approximate surface area is 200 Å². The van der Waals surface area contributed by atoms with Crippen molar-refractivity contribution in [2.45, 2.75) is 32.0 Å². The molecule has 1 aliphatic rings. The normalized spacial score (nSPS) is 16.6. The summed E-state index contributed by atoms with van der Waals surface area (Å²) in [6, 6.07) is 10.8. The SMILES string of the molecule is CN=C(NCc1nccn1Cc1ccccc1)NC1CCCN(c2cnn(C)c2)C1.I. The zero-order chi connectivity index (χ0) is 20.8. The predicted octanol–water partition coefficient (Wildman–Crippen LogP) is 2.62. The molecule has 2 aromatic heterocycles. The Bertz CT molecular complexity index is 965. The number of hydrogen-bond donors (Lipinski definition) is 2. The number of nitrogens with one attached hydrogen (secondary N) is 2. The third-order valence-corrected chi connectivity index (χ3v) is 5.45. The number of anilines is 1. The number of hydrogen-bond acceptors (Lipinski definition) is 4. The zero-order valence-electron chi connectivity index (χ0n) is 18.1. The third-order valence-electron chi connectivity index (χ3n) is 5.45. The van der Waals surface area contributed by atoms with Crippen molar-refractivity contribution in [2.24, 2.45) is 12.0 Å². The summed E-state index contributed by atoms with van der Waals surface area (Å²) in [7, 11) is 3.77. The van der Waals surface area contributed by atoms with E-state index in [-0.39, 0.29) is 24.0 Å². The van der Waals surface area contributed by atoms with Crippen LogP contribution in [0.3, 0.4) is 0 Å². The van der Waals surface area contributed by atoms with Gasteiger partial charge < -0.3 is 20.1 Å². The second-order valence-electron chi connectivity index (χ2n) is 7.68. The number of aromatic nitrogens is 4. The number of guanidine groups is 1. The van der Waals surface area contributed by atoms with Gasteiger partial charge in [-0.2, -0.15) is 5.10 Å². The lowest BCUT2D eigenvalue weighted by atomic mass is 10.1. The van der Waals surface area contributed by atoms with Gasteiger partial charge in [-0.05, 0) is 18.4 Å². The van der Waals surface area contributed by atoms with Crippen LogP contribution in [0.2, 0.25) is 0 Å². The molecule has 0 bridgehead atoms. The summed E-state index contributed by atoms with van der Waals surface area (Å²) in [5, 5.41) is 11.3. The quantitative estimate of drug-likeness (QED) is 0.289. The van der Waals surface area contributed by atoms with E-state index in [4.69, 9.17) is 0 Å². The molecule has 1 aromatic carbocycles. The van der Waals surface area contributed by atoms with E-state index in [9.17, 15) is 0 Å². The van der Waals surface area contributed by atoms with Crippen LogP contribution >= 0.6 is 24.0 Å². The van der Waals surface area contributed by atoms with Gasteiger partial charge >= 0.3 is 0 Å². The zero-order valence-corrected chi connectivity index (χ0v) is 20.4. The molecule has 0 aliphatic carbocycles. The van der Waals surface area contributed by atoms with Crippen molar-refractivity contribution >= 4 is 35.6 Å². The van der Waals surface area contributed by atoms with Gasteiger partial charge in [0.25, 0.3) is 0 Å². The number of aliphatic imine (C=N–C) groups is 1. The molecule has 1 atom stereocenters. The summed E-state index contributed by atoms with van der Waals surface area (Å²) in [5.41, 5.74) is 2.44. The number of nitrogens with zero attached hydrogens (tertiary/aromatic N) is 6. The maximum Gasteiger partial charge on any atom is 0.191 e. The van der Waals surface area contributed by atoms with Crippen LogP contribution in [0, 0.1) is 0 Å². The lowest BCUT2D eigenvalue weighted by Gasteiger charge is -2.34. The van der Waals surface area contributed by atoms with Gasteiger partial charge in [-0.25, -0.2) is 4.98 Å². The number of aryl methyl sites for hydroxylation is 1. The highest BCUT2D eigenvalue weighted by Crippen LogP contribution is 2.19. The van der Waals surface area contributed by atoms with Crippen LogP contribution in [0.15, 0.2) is 60.1 Å². The molecule has 0 amide bonds. The molecule has 3 aromatic rings. The minimum Gasteiger partial charge on any atom is -0.367 e. The fourth-order valence-electron chi connectivity index (χ4n) is 3.88. The van der Waals surface area contributed by atoms with Crippen LogP contribution in [0.5, 0.6) is 0 Å². The molecule has 8 nitrogen and oxygen atoms in total. The molecular formula is C22H31IN8. The Morgan fingerprint density at radius 3 is 2.84 bits per heavy atom. The second-order valence-corrected chi connectivity index (χ2v) is 7.68. The van der Waals surface area contributed by atoms with Crippen LogP contribution in [-0.2, 0) is 20.1 Å². The first-order valence-corrected chi connectivity index (χ1v) is 10.5. The third kappa shape index (κ3) is 6.22. The average Bonchev–Trinajstić information content (AvgIpc) is 3.41. The van der Waals surface area contributed by atoms with Crippen molar-refractivity contribution in [1.29, 1.82) is 0 Å². The van der Waals surface area contributed by atoms with Crippen molar-refractivity contribution in [1.82, 2.24) is 30.0 Å². The van der Waals surface area contributed by atoms with E-state index < -0.39 is 0 Å². The van der Waals surface area contributed by atoms with E-state index in [0.717, 1.165) is 44.3 Å². The molecule has 4 rings (SSSR count). The van der Waals surface area contributed by atoms with Crippen LogP contribution < -0.4 is 15.5 Å². The summed E-state index contributed by atoms with van der Waals surface area (Å²) < 4.78 is 4.02. The van der Waals surface area contributed by atoms with Crippen LogP contribution in [-0.4, -0.2) is 51.5 Å². The molecule has 2 N–H and O–H groups in total. The van der Waals surface area contributed by atoms with Crippen molar-refractivity contribution < 1.29 is 0 Å². The first-order valence-electron chi connectivity index (χ1n) is 10.5. The Morgan fingerprint density at radius 1 is 1.26 bits per heavy atom. The largest absolute Gasteiger partial charge is 0.367 e. The number of rotatable bonds is 6. The molecule has 3 heterocycles. The molecule has 1 unspecified atom stereocenters. The molecule has 1 fully saturated rings. The van der Waals surface area contributed by atoms with E-state index in [2.05, 4.69) is 65.6 Å². The molecule has 9 heteroatoms. The Hall–Kier alpha value is -2.56. The Morgan fingerprint density at radius 2 is 2.10 bits per heavy atom. The van der Waals surface area contributed by atoms with Gasteiger partial charge in [-0.3, -0.25) is 9.67 Å². The van der Waals surface area contributed by atoms with E-state index in [1.165, 1.54) is 11.3 Å². The standard InChI is InChI=1S/C22H30N8.HI/c1-23-22(27-19-9-6-11-29(16-19)20-13-26-28(2)17-20)25-14-21-24-10-12-30(21)15-18-7-4-3-5-8-18;/h3-5,7-8,10,12-13,17,19H,6,9,11,14-16H2,1-2H3,(H2,23,25,27);1H. The molecule has 1 aliphatic heterocycles. The van der Waals surface area contributed by atoms with Gasteiger partial charge in [-0.1, -0.05) is 30.3 Å². The van der Waals surface area contributed by atoms with Crippen molar-refractivity contribution in [3.05, 3.63) is 66.5 Å². The Kier molecular flexibility index (Phi) is 8.33. The summed E-state index contributed by atoms with van der Waals surface area (Å²) in [6.45, 7) is 3.44. The summed E-state index contributed by atoms with van der Waals surface area (Å²) in [6.07, 6.45) is 10.1. The summed E-state index contributed by atoms with van der Waals surface area (Å²) in [5.74, 6) is 1.80. The van der Waals surface area contributed by atoms with Crippen molar-refractivity contribution in [3.8, 4) is 0 Å². The fourth-order valence-corrected chi connectivity index (χ4v) is 3.88. The van der Waals surface area contributed by atoms with Gasteiger partial charge in [0.05, 0.1) is 18.4 Å². The summed E-state index contributed by atoms with van der Waals surface area (Å²) in [4.78, 5) is 11.3. The van der Waals surface area contributed by atoms with Crippen LogP contribution in [0.4, 0.5) is 5.69 Å². The molecule has 1 saturated heterocycles. The Balaban J connectivity index is 0.00000272. The van der Waals surface area contributed by atoms with Gasteiger partial charge in [0.15, 0.2) is 5.96 Å². The molecule has 0 radical (unpaired) electrons. The first-order chi connectivity index (χ1) is 14.7. The van der Waals surface area contributed by atoms with Crippen LogP contribution in [0.1, 0.15) is 24.2 Å². The van der Waals surface area contributed by atoms with E-state index in [0.29, 0.717) is 12.6 Å². The molecule has 31 heavy (non-hydrogen) atoms. The average molecular weight is 534 g/mol. The smallest absolute Gasteiger partial charge is 0.191 e. The first kappa shape index (κ1) is 23.1. The molecule has 166 valence electrons. The maximum atomic E-state index is 4.52. The predicted molar refractivity (Wildman–Crippen MR) is 135 cm³/mol. The highest BCUT2D eigenvalue weighted by atomic mass is 127. The molecular weight excluding hydrogens is 503 g/mol. The second kappa shape index (κ2) is 11.2. The summed E-state index contributed by atoms with van der Waals surface area (Å²) >= 11 is 0. The highest BCUT2D eigenvalue weighted by Gasteiger charge is 2.21. The minimum absolute atomic E-state index is 0. The van der Waals surface area contributed by atoms with Gasteiger partial charge in [0, 0.05) is 58.4 Å². The fraction of sp³-hybridized carbons (Fsp3) is 0.409. The molecule has 0 spiro atoms. The van der Waals surface area contributed by atoms with Crippen LogP contribution in [0.25, 0.3) is 0 Å². The maximum absolute atomic E-state index is 4.52. The number of piperidine rings is 1. The molecule has 0 saturated carbocycles.